The standard InChI is InChI=1S/C30H31N5O/c1-20-8-12-23(13-9-20)16-28(29(36)33-18-24(17-31)19-33)35-27-7-5-4-6-26(27)34(30(35)32)22(3)25-14-10-21(2)11-15-25/h4-15,22,24,28,32H,16,18-19H2,1-3H3/t22?,28-/m0/s1. The Morgan fingerprint density at radius 1 is 0.944 bits per heavy atom. The Kier molecular flexibility index (Phi) is 6.24. The van der Waals surface area contributed by atoms with Gasteiger partial charge in [-0.05, 0) is 44.0 Å². The van der Waals surface area contributed by atoms with Gasteiger partial charge in [0.05, 0.1) is 29.1 Å². The number of carbonyl (C=O) groups is 1. The molecule has 4 aromatic rings. The van der Waals surface area contributed by atoms with Crippen LogP contribution in [0.1, 0.15) is 41.3 Å². The number of carbonyl (C=O) groups excluding carboxylic acids is 1. The summed E-state index contributed by atoms with van der Waals surface area (Å²) in [6.45, 7) is 7.11. The maximum absolute atomic E-state index is 13.8. The summed E-state index contributed by atoms with van der Waals surface area (Å²) in [5.74, 6) is -0.149. The van der Waals surface area contributed by atoms with E-state index in [1.54, 1.807) is 4.90 Å². The number of nitriles is 1. The summed E-state index contributed by atoms with van der Waals surface area (Å²) in [7, 11) is 0. The largest absolute Gasteiger partial charge is 0.338 e. The Morgan fingerprint density at radius 2 is 1.50 bits per heavy atom. The van der Waals surface area contributed by atoms with Crippen molar-refractivity contribution in [2.45, 2.75) is 39.3 Å². The number of likely N-dealkylation sites (tertiary alicyclic amines) is 1. The molecule has 6 heteroatoms. The molecule has 3 aromatic carbocycles. The van der Waals surface area contributed by atoms with Gasteiger partial charge in [0.1, 0.15) is 6.04 Å². The van der Waals surface area contributed by atoms with Crippen molar-refractivity contribution in [1.29, 1.82) is 10.7 Å². The Labute approximate surface area is 211 Å². The van der Waals surface area contributed by atoms with Crippen LogP contribution in [0.15, 0.2) is 72.8 Å². The zero-order chi connectivity index (χ0) is 25.4. The first-order chi connectivity index (χ1) is 17.4. The van der Waals surface area contributed by atoms with Crippen LogP contribution < -0.4 is 5.62 Å². The lowest BCUT2D eigenvalue weighted by molar-refractivity contribution is -0.140. The number of para-hydroxylation sites is 2. The quantitative estimate of drug-likeness (QED) is 0.428. The second kappa shape index (κ2) is 9.50. The van der Waals surface area contributed by atoms with E-state index >= 15 is 0 Å². The van der Waals surface area contributed by atoms with Crippen LogP contribution >= 0.6 is 0 Å². The van der Waals surface area contributed by atoms with Crippen molar-refractivity contribution in [3.05, 3.63) is 101 Å². The van der Waals surface area contributed by atoms with Gasteiger partial charge in [0.2, 0.25) is 11.5 Å². The van der Waals surface area contributed by atoms with Crippen LogP contribution in [0.5, 0.6) is 0 Å². The molecular weight excluding hydrogens is 446 g/mol. The van der Waals surface area contributed by atoms with E-state index in [-0.39, 0.29) is 17.9 Å². The summed E-state index contributed by atoms with van der Waals surface area (Å²) in [6.07, 6.45) is 0.482. The van der Waals surface area contributed by atoms with Gasteiger partial charge < -0.3 is 9.47 Å². The summed E-state index contributed by atoms with van der Waals surface area (Å²) in [5, 5.41) is 18.6. The van der Waals surface area contributed by atoms with Crippen LogP contribution in [-0.2, 0) is 11.2 Å². The molecule has 2 heterocycles. The monoisotopic (exact) mass is 477 g/mol. The third-order valence-electron chi connectivity index (χ3n) is 7.33. The van der Waals surface area contributed by atoms with Crippen LogP contribution in [0.3, 0.4) is 0 Å². The molecule has 0 aliphatic carbocycles. The number of benzene rings is 3. The van der Waals surface area contributed by atoms with Gasteiger partial charge in [0, 0.05) is 19.5 Å². The number of imidazole rings is 1. The lowest BCUT2D eigenvalue weighted by atomic mass is 9.97. The predicted octanol–water partition coefficient (Wildman–Crippen LogP) is 4.91. The van der Waals surface area contributed by atoms with E-state index in [2.05, 4.69) is 68.4 Å². The second-order valence-electron chi connectivity index (χ2n) is 9.91. The Balaban J connectivity index is 1.64. The summed E-state index contributed by atoms with van der Waals surface area (Å²) >= 11 is 0. The molecule has 0 spiro atoms. The molecule has 1 amide bonds. The van der Waals surface area contributed by atoms with Crippen LogP contribution in [0, 0.1) is 36.5 Å². The average Bonchev–Trinajstić information content (AvgIpc) is 3.14. The fourth-order valence-corrected chi connectivity index (χ4v) is 5.10. The lowest BCUT2D eigenvalue weighted by Gasteiger charge is -2.38. The fraction of sp³-hybridized carbons (Fsp3) is 0.300. The van der Waals surface area contributed by atoms with E-state index in [1.807, 2.05) is 40.3 Å². The molecule has 1 aliphatic heterocycles. The highest BCUT2D eigenvalue weighted by Gasteiger charge is 2.36. The van der Waals surface area contributed by atoms with E-state index in [9.17, 15) is 15.5 Å². The molecule has 0 bridgehead atoms. The number of hydrogen-bond donors (Lipinski definition) is 1. The molecule has 0 saturated carbocycles. The number of fused-ring (bicyclic) bond motifs is 1. The van der Waals surface area contributed by atoms with E-state index in [4.69, 9.17) is 0 Å². The smallest absolute Gasteiger partial charge is 0.246 e. The molecular formula is C30H31N5O. The summed E-state index contributed by atoms with van der Waals surface area (Å²) in [5.41, 5.74) is 6.61. The number of nitrogens with one attached hydrogen (secondary N) is 1. The topological polar surface area (TPSA) is 77.8 Å². The molecule has 1 saturated heterocycles. The molecule has 1 unspecified atom stereocenters. The number of rotatable bonds is 6. The minimum absolute atomic E-state index is 0.0357. The molecule has 0 radical (unpaired) electrons. The van der Waals surface area contributed by atoms with Crippen molar-refractivity contribution < 1.29 is 4.79 Å². The minimum atomic E-state index is -0.573. The SMILES string of the molecule is Cc1ccc(C[C@@H](C(=O)N2CC(C#N)C2)n2c(=N)n(C(C)c3ccc(C)cc3)c3ccccc32)cc1. The predicted molar refractivity (Wildman–Crippen MR) is 140 cm³/mol. The van der Waals surface area contributed by atoms with E-state index in [1.165, 1.54) is 11.1 Å². The van der Waals surface area contributed by atoms with Gasteiger partial charge in [-0.25, -0.2) is 0 Å². The van der Waals surface area contributed by atoms with E-state index in [0.29, 0.717) is 25.1 Å². The maximum Gasteiger partial charge on any atom is 0.246 e. The van der Waals surface area contributed by atoms with E-state index in [0.717, 1.165) is 22.2 Å². The van der Waals surface area contributed by atoms with Crippen molar-refractivity contribution in [3.8, 4) is 6.07 Å². The van der Waals surface area contributed by atoms with Gasteiger partial charge in [-0.15, -0.1) is 0 Å². The summed E-state index contributed by atoms with van der Waals surface area (Å²) < 4.78 is 3.91. The molecule has 1 N–H and O–H groups in total. The summed E-state index contributed by atoms with van der Waals surface area (Å²) in [4.78, 5) is 15.6. The van der Waals surface area contributed by atoms with Crippen LogP contribution in [0.25, 0.3) is 11.0 Å². The highest BCUT2D eigenvalue weighted by atomic mass is 16.2. The molecule has 2 atom stereocenters. The van der Waals surface area contributed by atoms with Gasteiger partial charge in [0.25, 0.3) is 0 Å². The van der Waals surface area contributed by atoms with Crippen LogP contribution in [0.4, 0.5) is 0 Å². The first-order valence-corrected chi connectivity index (χ1v) is 12.4. The van der Waals surface area contributed by atoms with Gasteiger partial charge in [-0.2, -0.15) is 5.26 Å². The Hall–Kier alpha value is -4.11. The first kappa shape index (κ1) is 23.6. The van der Waals surface area contributed by atoms with Crippen molar-refractivity contribution in [2.24, 2.45) is 5.92 Å². The van der Waals surface area contributed by atoms with Crippen molar-refractivity contribution in [2.75, 3.05) is 13.1 Å². The van der Waals surface area contributed by atoms with Crippen molar-refractivity contribution in [3.63, 3.8) is 0 Å². The second-order valence-corrected chi connectivity index (χ2v) is 9.91. The molecule has 182 valence electrons. The Morgan fingerprint density at radius 3 is 2.08 bits per heavy atom. The Bertz CT molecular complexity index is 1500. The minimum Gasteiger partial charge on any atom is -0.338 e. The average molecular weight is 478 g/mol. The third kappa shape index (κ3) is 4.22. The van der Waals surface area contributed by atoms with Crippen LogP contribution in [-0.4, -0.2) is 33.0 Å². The molecule has 36 heavy (non-hydrogen) atoms. The zero-order valence-electron chi connectivity index (χ0n) is 21.0. The normalized spacial score (nSPS) is 15.3. The third-order valence-corrected chi connectivity index (χ3v) is 7.33. The van der Waals surface area contributed by atoms with Crippen LogP contribution in [0.2, 0.25) is 0 Å². The van der Waals surface area contributed by atoms with Gasteiger partial charge in [-0.3, -0.25) is 14.8 Å². The van der Waals surface area contributed by atoms with Crippen molar-refractivity contribution >= 4 is 16.9 Å². The maximum atomic E-state index is 13.8. The number of hydrogen-bond acceptors (Lipinski definition) is 3. The fourth-order valence-electron chi connectivity index (χ4n) is 5.10. The number of nitrogens with zero attached hydrogens (tertiary/aromatic N) is 4. The zero-order valence-corrected chi connectivity index (χ0v) is 21.0. The van der Waals surface area contributed by atoms with Gasteiger partial charge in [0.15, 0.2) is 0 Å². The van der Waals surface area contributed by atoms with E-state index < -0.39 is 6.04 Å². The van der Waals surface area contributed by atoms with Crippen molar-refractivity contribution in [1.82, 2.24) is 14.0 Å². The molecule has 6 nitrogen and oxygen atoms in total. The molecule has 1 aromatic heterocycles. The lowest BCUT2D eigenvalue weighted by Crippen LogP contribution is -2.53. The van der Waals surface area contributed by atoms with Gasteiger partial charge >= 0.3 is 0 Å². The number of aryl methyl sites for hydroxylation is 2. The van der Waals surface area contributed by atoms with Gasteiger partial charge in [-0.1, -0.05) is 71.8 Å². The summed E-state index contributed by atoms with van der Waals surface area (Å²) in [6, 6.07) is 26.2. The highest BCUT2D eigenvalue weighted by Crippen LogP contribution is 2.28. The highest BCUT2D eigenvalue weighted by molar-refractivity contribution is 5.85. The molecule has 1 aliphatic rings. The molecule has 5 rings (SSSR count). The number of aromatic nitrogens is 2. The number of amides is 1. The molecule has 1 fully saturated rings. The first-order valence-electron chi connectivity index (χ1n) is 12.4.